The lowest BCUT2D eigenvalue weighted by Gasteiger charge is -1.96. The molecule has 0 aromatic carbocycles. The summed E-state index contributed by atoms with van der Waals surface area (Å²) < 4.78 is 0. The Bertz CT molecular complexity index is 192. The summed E-state index contributed by atoms with van der Waals surface area (Å²) in [5, 5.41) is 0. The van der Waals surface area contributed by atoms with Crippen molar-refractivity contribution in [3.05, 3.63) is 41.9 Å². The topological polar surface area (TPSA) is 0 Å². The van der Waals surface area contributed by atoms with Gasteiger partial charge in [0.15, 0.2) is 0 Å². The van der Waals surface area contributed by atoms with E-state index in [0.29, 0.717) is 0 Å². The van der Waals surface area contributed by atoms with Crippen LogP contribution in [-0.2, 0) is 0 Å². The summed E-state index contributed by atoms with van der Waals surface area (Å²) in [4.78, 5) is 0. The molecule has 0 N–H and O–H groups in total. The van der Waals surface area contributed by atoms with E-state index in [1.807, 2.05) is 6.92 Å². The molecular weight excluding hydrogens is 144 g/mol. The highest BCUT2D eigenvalue weighted by Crippen LogP contribution is 2.13. The molecule has 0 aliphatic heterocycles. The van der Waals surface area contributed by atoms with Gasteiger partial charge >= 0.3 is 0 Å². The normalized spacial score (nSPS) is 12.2. The van der Waals surface area contributed by atoms with Crippen LogP contribution in [0, 0.1) is 5.92 Å². The lowest BCUT2D eigenvalue weighted by atomic mass is 10.0. The first-order valence-corrected chi connectivity index (χ1v) is 4.35. The zero-order valence-corrected chi connectivity index (χ0v) is 8.65. The van der Waals surface area contributed by atoms with Crippen LogP contribution in [0.2, 0.25) is 0 Å². The van der Waals surface area contributed by atoms with Crippen molar-refractivity contribution >= 4 is 0 Å². The van der Waals surface area contributed by atoms with Gasteiger partial charge in [0.25, 0.3) is 0 Å². The third-order valence-electron chi connectivity index (χ3n) is 1.91. The first-order valence-electron chi connectivity index (χ1n) is 4.35. The summed E-state index contributed by atoms with van der Waals surface area (Å²) in [6.45, 7) is 12.3. The molecule has 0 radical (unpaired) electrons. The summed E-state index contributed by atoms with van der Waals surface area (Å²) >= 11 is 0. The standard InChI is InChI=1S/C12H19/c1-6-11(4)8-7-9-12(5)10(2)3/h6-8H,5,9H2,1-4H3/q+1/b8-7-,11-6-. The largest absolute Gasteiger partial charge is 0.105 e. The van der Waals surface area contributed by atoms with Gasteiger partial charge in [-0.2, -0.15) is 0 Å². The highest BCUT2D eigenvalue weighted by Gasteiger charge is 2.05. The van der Waals surface area contributed by atoms with Crippen molar-refractivity contribution < 1.29 is 0 Å². The van der Waals surface area contributed by atoms with Gasteiger partial charge in [-0.3, -0.25) is 0 Å². The maximum atomic E-state index is 3.97. The molecule has 0 saturated carbocycles. The van der Waals surface area contributed by atoms with Crippen LogP contribution in [0.4, 0.5) is 0 Å². The van der Waals surface area contributed by atoms with E-state index in [9.17, 15) is 0 Å². The lowest BCUT2D eigenvalue weighted by molar-refractivity contribution is 1.06. The minimum atomic E-state index is 0.966. The zero-order valence-electron chi connectivity index (χ0n) is 8.65. The predicted molar refractivity (Wildman–Crippen MR) is 56.9 cm³/mol. The SMILES string of the molecule is C=C(C/C=C\C(C)=C/C)[C+](C)C. The van der Waals surface area contributed by atoms with Gasteiger partial charge in [-0.25, -0.2) is 0 Å². The molecule has 0 amide bonds. The monoisotopic (exact) mass is 163 g/mol. The average Bonchev–Trinajstić information content (AvgIpc) is 2.03. The number of hydrogen-bond acceptors (Lipinski definition) is 0. The van der Waals surface area contributed by atoms with Gasteiger partial charge in [-0.05, 0) is 13.8 Å². The maximum Gasteiger partial charge on any atom is 0.105 e. The van der Waals surface area contributed by atoms with Gasteiger partial charge in [-0.1, -0.05) is 23.8 Å². The van der Waals surface area contributed by atoms with Crippen LogP contribution in [0.3, 0.4) is 0 Å². The fourth-order valence-electron chi connectivity index (χ4n) is 0.687. The van der Waals surface area contributed by atoms with Gasteiger partial charge in [0.05, 0.1) is 5.92 Å². The second-order valence-electron chi connectivity index (χ2n) is 3.24. The van der Waals surface area contributed by atoms with Crippen molar-refractivity contribution in [2.45, 2.75) is 34.1 Å². The second-order valence-corrected chi connectivity index (χ2v) is 3.24. The second kappa shape index (κ2) is 5.70. The van der Waals surface area contributed by atoms with Crippen LogP contribution in [0.1, 0.15) is 34.1 Å². The fourth-order valence-corrected chi connectivity index (χ4v) is 0.687. The Kier molecular flexibility index (Phi) is 5.27. The van der Waals surface area contributed by atoms with Crippen molar-refractivity contribution in [2.75, 3.05) is 0 Å². The highest BCUT2D eigenvalue weighted by atomic mass is 14.0. The Hall–Kier alpha value is -0.910. The molecule has 0 aliphatic rings. The molecule has 0 aromatic rings. The van der Waals surface area contributed by atoms with Gasteiger partial charge in [0.1, 0.15) is 5.57 Å². The van der Waals surface area contributed by atoms with E-state index in [1.54, 1.807) is 0 Å². The van der Waals surface area contributed by atoms with Crippen LogP contribution in [-0.4, -0.2) is 0 Å². The van der Waals surface area contributed by atoms with E-state index in [4.69, 9.17) is 0 Å². The third-order valence-corrected chi connectivity index (χ3v) is 1.91. The Labute approximate surface area is 76.7 Å². The van der Waals surface area contributed by atoms with Crippen LogP contribution in [0.25, 0.3) is 0 Å². The van der Waals surface area contributed by atoms with Gasteiger partial charge in [0, 0.05) is 26.8 Å². The van der Waals surface area contributed by atoms with Crippen LogP contribution in [0.5, 0.6) is 0 Å². The van der Waals surface area contributed by atoms with Crippen LogP contribution < -0.4 is 0 Å². The molecule has 66 valence electrons. The summed E-state index contributed by atoms with van der Waals surface area (Å²) in [5.74, 6) is 1.32. The van der Waals surface area contributed by atoms with Gasteiger partial charge < -0.3 is 0 Å². The predicted octanol–water partition coefficient (Wildman–Crippen LogP) is 4.07. The first kappa shape index (κ1) is 11.1. The van der Waals surface area contributed by atoms with E-state index in [-0.39, 0.29) is 0 Å². The van der Waals surface area contributed by atoms with Crippen LogP contribution in [0.15, 0.2) is 36.0 Å². The summed E-state index contributed by atoms with van der Waals surface area (Å²) in [7, 11) is 0. The molecule has 12 heavy (non-hydrogen) atoms. The average molecular weight is 163 g/mol. The van der Waals surface area contributed by atoms with E-state index >= 15 is 0 Å². The molecule has 0 nitrogen and oxygen atoms in total. The van der Waals surface area contributed by atoms with Crippen LogP contribution >= 0.6 is 0 Å². The maximum absolute atomic E-state index is 3.97. The van der Waals surface area contributed by atoms with E-state index in [1.165, 1.54) is 17.1 Å². The molecule has 0 unspecified atom stereocenters. The highest BCUT2D eigenvalue weighted by molar-refractivity contribution is 5.22. The molecule has 0 spiro atoms. The Morgan fingerprint density at radius 1 is 1.42 bits per heavy atom. The molecule has 0 rings (SSSR count). The van der Waals surface area contributed by atoms with Crippen molar-refractivity contribution in [3.8, 4) is 0 Å². The van der Waals surface area contributed by atoms with E-state index in [0.717, 1.165) is 6.42 Å². The molecule has 0 heterocycles. The van der Waals surface area contributed by atoms with E-state index in [2.05, 4.69) is 45.6 Å². The molecule has 0 fully saturated rings. The Morgan fingerprint density at radius 2 is 2.00 bits per heavy atom. The third kappa shape index (κ3) is 4.84. The number of hydrogen-bond donors (Lipinski definition) is 0. The minimum Gasteiger partial charge on any atom is -0.0847 e. The van der Waals surface area contributed by atoms with Crippen molar-refractivity contribution in [1.82, 2.24) is 0 Å². The molecule has 0 aromatic heterocycles. The molecule has 0 saturated heterocycles. The smallest absolute Gasteiger partial charge is 0.0847 e. The molecule has 0 heteroatoms. The first-order chi connectivity index (χ1) is 5.57. The summed E-state index contributed by atoms with van der Waals surface area (Å²) in [5.41, 5.74) is 2.52. The molecule has 0 bridgehead atoms. The van der Waals surface area contributed by atoms with E-state index < -0.39 is 0 Å². The number of allylic oxidation sites excluding steroid dienone is 5. The molecule has 0 atom stereocenters. The molecular formula is C12H19+. The number of rotatable bonds is 4. The minimum absolute atomic E-state index is 0.966. The molecule has 0 aliphatic carbocycles. The van der Waals surface area contributed by atoms with Crippen molar-refractivity contribution in [3.63, 3.8) is 0 Å². The zero-order chi connectivity index (χ0) is 9.56. The van der Waals surface area contributed by atoms with Gasteiger partial charge in [-0.15, -0.1) is 0 Å². The quantitative estimate of drug-likeness (QED) is 0.433. The fraction of sp³-hybridized carbons (Fsp3) is 0.417. The Balaban J connectivity index is 3.83. The Morgan fingerprint density at radius 3 is 2.42 bits per heavy atom. The van der Waals surface area contributed by atoms with Crippen molar-refractivity contribution in [1.29, 1.82) is 0 Å². The lowest BCUT2D eigenvalue weighted by Crippen LogP contribution is -1.86. The van der Waals surface area contributed by atoms with Crippen molar-refractivity contribution in [2.24, 2.45) is 0 Å². The van der Waals surface area contributed by atoms with Gasteiger partial charge in [0.2, 0.25) is 0 Å². The summed E-state index contributed by atoms with van der Waals surface area (Å²) in [6, 6.07) is 0. The summed E-state index contributed by atoms with van der Waals surface area (Å²) in [6.07, 6.45) is 7.36.